The van der Waals surface area contributed by atoms with Crippen LogP contribution in [0.1, 0.15) is 35.6 Å². The zero-order chi connectivity index (χ0) is 19.0. The van der Waals surface area contributed by atoms with Crippen molar-refractivity contribution in [3.63, 3.8) is 0 Å². The van der Waals surface area contributed by atoms with Gasteiger partial charge in [0.15, 0.2) is 0 Å². The molecule has 0 aliphatic carbocycles. The van der Waals surface area contributed by atoms with Crippen molar-refractivity contribution in [2.24, 2.45) is 0 Å². The molecule has 2 heterocycles. The van der Waals surface area contributed by atoms with Gasteiger partial charge in [-0.25, -0.2) is 0 Å². The van der Waals surface area contributed by atoms with E-state index in [0.29, 0.717) is 36.3 Å². The zero-order valence-corrected chi connectivity index (χ0v) is 14.7. The molecule has 0 spiro atoms. The number of phenolic OH excluding ortho intramolecular Hbond substituents is 2. The SMILES string of the molecule is OCC1OC(c2ccc(O)c3c2OC(c2ccc(O)cc2)=CC3)CCC1O. The molecule has 27 heavy (non-hydrogen) atoms. The van der Waals surface area contributed by atoms with Crippen molar-refractivity contribution in [1.29, 1.82) is 0 Å². The van der Waals surface area contributed by atoms with Crippen LogP contribution < -0.4 is 4.74 Å². The van der Waals surface area contributed by atoms with E-state index in [9.17, 15) is 20.4 Å². The highest BCUT2D eigenvalue weighted by atomic mass is 16.5. The first-order valence-electron chi connectivity index (χ1n) is 9.03. The first-order valence-corrected chi connectivity index (χ1v) is 9.03. The number of phenols is 2. The number of aromatic hydroxyl groups is 2. The summed E-state index contributed by atoms with van der Waals surface area (Å²) in [6.07, 6.45) is 1.85. The first-order chi connectivity index (χ1) is 13.1. The van der Waals surface area contributed by atoms with E-state index in [1.807, 2.05) is 6.08 Å². The van der Waals surface area contributed by atoms with Crippen LogP contribution in [0.25, 0.3) is 5.76 Å². The van der Waals surface area contributed by atoms with Crippen LogP contribution in [-0.4, -0.2) is 39.2 Å². The lowest BCUT2D eigenvalue weighted by atomic mass is 9.92. The first kappa shape index (κ1) is 17.9. The molecule has 1 fully saturated rings. The molecule has 0 radical (unpaired) electrons. The third-order valence-corrected chi connectivity index (χ3v) is 5.14. The number of aliphatic hydroxyl groups is 2. The highest BCUT2D eigenvalue weighted by molar-refractivity contribution is 5.68. The van der Waals surface area contributed by atoms with E-state index in [-0.39, 0.29) is 24.2 Å². The topological polar surface area (TPSA) is 99.4 Å². The smallest absolute Gasteiger partial charge is 0.140 e. The van der Waals surface area contributed by atoms with Crippen LogP contribution in [0.15, 0.2) is 42.5 Å². The molecule has 0 aromatic heterocycles. The van der Waals surface area contributed by atoms with Crippen molar-refractivity contribution in [3.8, 4) is 17.2 Å². The second-order valence-electron chi connectivity index (χ2n) is 6.89. The average Bonchev–Trinajstić information content (AvgIpc) is 2.69. The predicted octanol–water partition coefficient (Wildman–Crippen LogP) is 2.65. The summed E-state index contributed by atoms with van der Waals surface area (Å²) in [5, 5.41) is 39.1. The second-order valence-corrected chi connectivity index (χ2v) is 6.89. The molecule has 6 heteroatoms. The molecule has 2 aliphatic rings. The van der Waals surface area contributed by atoms with Gasteiger partial charge in [-0.1, -0.05) is 0 Å². The molecule has 3 atom stereocenters. The fourth-order valence-corrected chi connectivity index (χ4v) is 3.63. The van der Waals surface area contributed by atoms with E-state index in [1.165, 1.54) is 0 Å². The summed E-state index contributed by atoms with van der Waals surface area (Å²) in [4.78, 5) is 0. The van der Waals surface area contributed by atoms with Gasteiger partial charge >= 0.3 is 0 Å². The Bertz CT molecular complexity index is 858. The molecule has 3 unspecified atom stereocenters. The number of fused-ring (bicyclic) bond motifs is 1. The molecule has 1 saturated heterocycles. The molecule has 4 N–H and O–H groups in total. The van der Waals surface area contributed by atoms with Gasteiger partial charge in [0.2, 0.25) is 0 Å². The fraction of sp³-hybridized carbons (Fsp3) is 0.333. The Morgan fingerprint density at radius 3 is 2.52 bits per heavy atom. The number of ether oxygens (including phenoxy) is 2. The maximum absolute atomic E-state index is 10.2. The van der Waals surface area contributed by atoms with E-state index in [2.05, 4.69) is 0 Å². The van der Waals surface area contributed by atoms with Crippen molar-refractivity contribution in [2.75, 3.05) is 6.61 Å². The second kappa shape index (κ2) is 7.23. The Labute approximate surface area is 156 Å². The lowest BCUT2D eigenvalue weighted by Gasteiger charge is -2.34. The van der Waals surface area contributed by atoms with Gasteiger partial charge < -0.3 is 29.9 Å². The van der Waals surface area contributed by atoms with E-state index in [4.69, 9.17) is 9.47 Å². The molecule has 4 rings (SSSR count). The summed E-state index contributed by atoms with van der Waals surface area (Å²) in [5.74, 6) is 1.53. The van der Waals surface area contributed by atoms with Crippen molar-refractivity contribution < 1.29 is 29.9 Å². The lowest BCUT2D eigenvalue weighted by Crippen LogP contribution is -2.38. The monoisotopic (exact) mass is 370 g/mol. The summed E-state index contributed by atoms with van der Waals surface area (Å²) < 4.78 is 12.0. The molecule has 6 nitrogen and oxygen atoms in total. The minimum absolute atomic E-state index is 0.157. The molecule has 2 aromatic carbocycles. The van der Waals surface area contributed by atoms with E-state index >= 15 is 0 Å². The number of hydrogen-bond donors (Lipinski definition) is 4. The van der Waals surface area contributed by atoms with E-state index < -0.39 is 12.2 Å². The van der Waals surface area contributed by atoms with Crippen LogP contribution in [0.2, 0.25) is 0 Å². The van der Waals surface area contributed by atoms with Gasteiger partial charge in [-0.2, -0.15) is 0 Å². The largest absolute Gasteiger partial charge is 0.508 e. The highest BCUT2D eigenvalue weighted by Gasteiger charge is 2.33. The normalized spacial score (nSPS) is 24.7. The van der Waals surface area contributed by atoms with Crippen LogP contribution in [-0.2, 0) is 11.2 Å². The number of allylic oxidation sites excluding steroid dienone is 1. The summed E-state index contributed by atoms with van der Waals surface area (Å²) in [5.41, 5.74) is 2.30. The van der Waals surface area contributed by atoms with Gasteiger partial charge in [0.05, 0.1) is 18.8 Å². The summed E-state index contributed by atoms with van der Waals surface area (Å²) in [6, 6.07) is 10.1. The van der Waals surface area contributed by atoms with Crippen LogP contribution in [0.3, 0.4) is 0 Å². The van der Waals surface area contributed by atoms with Crippen molar-refractivity contribution >= 4 is 5.76 Å². The van der Waals surface area contributed by atoms with Crippen LogP contribution in [0.5, 0.6) is 17.2 Å². The summed E-state index contributed by atoms with van der Waals surface area (Å²) in [6.45, 7) is -0.253. The van der Waals surface area contributed by atoms with Gasteiger partial charge in [-0.05, 0) is 55.3 Å². The third kappa shape index (κ3) is 3.39. The van der Waals surface area contributed by atoms with E-state index in [1.54, 1.807) is 36.4 Å². The molecule has 0 bridgehead atoms. The van der Waals surface area contributed by atoms with Gasteiger partial charge in [-0.15, -0.1) is 0 Å². The van der Waals surface area contributed by atoms with Crippen LogP contribution in [0.4, 0.5) is 0 Å². The minimum Gasteiger partial charge on any atom is -0.508 e. The quantitative estimate of drug-likeness (QED) is 0.663. The Kier molecular flexibility index (Phi) is 4.78. The standard InChI is InChI=1S/C21H22O6/c22-11-20-17(25)8-10-19(26-20)15-5-7-16(24)14-6-9-18(27-21(14)15)12-1-3-13(23)4-2-12/h1-5,7,9,17,19-20,22-25H,6,8,10-11H2. The van der Waals surface area contributed by atoms with Gasteiger partial charge in [0.1, 0.15) is 29.1 Å². The third-order valence-electron chi connectivity index (χ3n) is 5.14. The lowest BCUT2D eigenvalue weighted by molar-refractivity contribution is -0.136. The average molecular weight is 370 g/mol. The van der Waals surface area contributed by atoms with Gasteiger partial charge in [0, 0.05) is 23.1 Å². The zero-order valence-electron chi connectivity index (χ0n) is 14.7. The molecular formula is C21H22O6. The highest BCUT2D eigenvalue weighted by Crippen LogP contribution is 2.44. The molecular weight excluding hydrogens is 348 g/mol. The van der Waals surface area contributed by atoms with Crippen LogP contribution in [0, 0.1) is 0 Å². The molecule has 2 aliphatic heterocycles. The molecule has 142 valence electrons. The predicted molar refractivity (Wildman–Crippen MR) is 98.5 cm³/mol. The summed E-state index contributed by atoms with van der Waals surface area (Å²) >= 11 is 0. The number of rotatable bonds is 3. The van der Waals surface area contributed by atoms with Gasteiger partial charge in [-0.3, -0.25) is 0 Å². The van der Waals surface area contributed by atoms with Crippen molar-refractivity contribution in [2.45, 2.75) is 37.6 Å². The number of aliphatic hydroxyl groups excluding tert-OH is 2. The van der Waals surface area contributed by atoms with Crippen molar-refractivity contribution in [3.05, 3.63) is 59.2 Å². The minimum atomic E-state index is -0.687. The maximum Gasteiger partial charge on any atom is 0.140 e. The number of benzene rings is 2. The Morgan fingerprint density at radius 2 is 1.78 bits per heavy atom. The maximum atomic E-state index is 10.2. The van der Waals surface area contributed by atoms with Crippen LogP contribution >= 0.6 is 0 Å². The molecule has 0 saturated carbocycles. The Balaban J connectivity index is 1.67. The summed E-state index contributed by atoms with van der Waals surface area (Å²) in [7, 11) is 0. The molecule has 0 amide bonds. The Morgan fingerprint density at radius 1 is 1.00 bits per heavy atom. The van der Waals surface area contributed by atoms with E-state index in [0.717, 1.165) is 11.1 Å². The Hall–Kier alpha value is -2.54. The number of hydrogen-bond acceptors (Lipinski definition) is 6. The van der Waals surface area contributed by atoms with Crippen molar-refractivity contribution in [1.82, 2.24) is 0 Å². The fourth-order valence-electron chi connectivity index (χ4n) is 3.63. The molecule has 2 aromatic rings. The van der Waals surface area contributed by atoms with Gasteiger partial charge in [0.25, 0.3) is 0 Å².